The van der Waals surface area contributed by atoms with Crippen LogP contribution in [-0.4, -0.2) is 22.3 Å². The van der Waals surface area contributed by atoms with Crippen molar-refractivity contribution >= 4 is 34.5 Å². The van der Waals surface area contributed by atoms with Crippen LogP contribution in [0.4, 0.5) is 17.1 Å². The summed E-state index contributed by atoms with van der Waals surface area (Å²) >= 11 is 0. The lowest BCUT2D eigenvalue weighted by Gasteiger charge is -2.37. The van der Waals surface area contributed by atoms with Crippen molar-refractivity contribution in [1.82, 2.24) is 0 Å². The van der Waals surface area contributed by atoms with Crippen LogP contribution in [0.15, 0.2) is 53.6 Å². The summed E-state index contributed by atoms with van der Waals surface area (Å²) in [5.74, 6) is -0.573. The lowest BCUT2D eigenvalue weighted by molar-refractivity contribution is -0.384. The Morgan fingerprint density at radius 2 is 1.59 bits per heavy atom. The highest BCUT2D eigenvalue weighted by Gasteiger charge is 2.76. The minimum Gasteiger partial charge on any atom is -0.325 e. The number of hydrogen-bond donors (Lipinski definition) is 2. The Hall–Kier alpha value is -3.55. The van der Waals surface area contributed by atoms with E-state index in [1.54, 1.807) is 0 Å². The second kappa shape index (κ2) is 7.25. The van der Waals surface area contributed by atoms with Gasteiger partial charge in [0.05, 0.1) is 10.6 Å². The Balaban J connectivity index is 1.64. The Labute approximate surface area is 186 Å². The molecule has 32 heavy (non-hydrogen) atoms. The van der Waals surface area contributed by atoms with Crippen molar-refractivity contribution in [3.63, 3.8) is 0 Å². The number of hydrazone groups is 1. The maximum atomic E-state index is 13.6. The topological polar surface area (TPSA) is 114 Å². The molecule has 2 fully saturated rings. The van der Waals surface area contributed by atoms with Gasteiger partial charge >= 0.3 is 0 Å². The van der Waals surface area contributed by atoms with Gasteiger partial charge in [-0.15, -0.1) is 0 Å². The number of hydrogen-bond acceptors (Lipinski definition) is 6. The number of rotatable bonds is 5. The Kier molecular flexibility index (Phi) is 4.91. The Bertz CT molecular complexity index is 1140. The van der Waals surface area contributed by atoms with E-state index in [1.807, 2.05) is 52.0 Å². The highest BCUT2D eigenvalue weighted by Crippen LogP contribution is 2.69. The van der Waals surface area contributed by atoms with E-state index in [9.17, 15) is 19.7 Å². The summed E-state index contributed by atoms with van der Waals surface area (Å²) in [5, 5.41) is 18.2. The molecule has 0 aromatic heterocycles. The van der Waals surface area contributed by atoms with Crippen molar-refractivity contribution in [3.8, 4) is 0 Å². The molecule has 0 radical (unpaired) electrons. The minimum absolute atomic E-state index is 0.0287. The fourth-order valence-electron chi connectivity index (χ4n) is 5.13. The molecule has 2 aliphatic rings. The number of nitro groups is 1. The molecule has 8 heteroatoms. The number of carbonyl (C=O) groups excluding carboxylic acids is 2. The molecule has 2 atom stereocenters. The van der Waals surface area contributed by atoms with Crippen molar-refractivity contribution in [2.75, 3.05) is 10.7 Å². The third-order valence-corrected chi connectivity index (χ3v) is 7.64. The van der Waals surface area contributed by atoms with E-state index in [2.05, 4.69) is 15.8 Å². The number of non-ortho nitro benzene ring substituents is 1. The van der Waals surface area contributed by atoms with Gasteiger partial charge in [0.25, 0.3) is 5.69 Å². The van der Waals surface area contributed by atoms with Crippen molar-refractivity contribution in [2.24, 2.45) is 21.3 Å². The summed E-state index contributed by atoms with van der Waals surface area (Å²) in [5.41, 5.74) is 3.01. The van der Waals surface area contributed by atoms with E-state index in [0.29, 0.717) is 29.9 Å². The largest absolute Gasteiger partial charge is 0.325 e. The van der Waals surface area contributed by atoms with Gasteiger partial charge in [-0.1, -0.05) is 38.5 Å². The highest BCUT2D eigenvalue weighted by atomic mass is 16.6. The molecular weight excluding hydrogens is 408 g/mol. The third-order valence-electron chi connectivity index (χ3n) is 7.64. The number of Topliss-reactive ketones (excluding diaryl/α,β-unsaturated/α-hetero) is 1. The minimum atomic E-state index is -1.21. The second-order valence-corrected chi connectivity index (χ2v) is 9.39. The molecule has 2 unspecified atom stereocenters. The van der Waals surface area contributed by atoms with Gasteiger partial charge in [0, 0.05) is 23.2 Å². The lowest BCUT2D eigenvalue weighted by Crippen LogP contribution is -2.47. The Morgan fingerprint density at radius 3 is 2.19 bits per heavy atom. The first-order valence-electron chi connectivity index (χ1n) is 10.5. The normalized spacial score (nSPS) is 26.9. The Morgan fingerprint density at radius 1 is 1.00 bits per heavy atom. The fourth-order valence-corrected chi connectivity index (χ4v) is 5.13. The van der Waals surface area contributed by atoms with Crippen molar-refractivity contribution in [2.45, 2.75) is 40.5 Å². The van der Waals surface area contributed by atoms with Gasteiger partial charge in [0.2, 0.25) is 5.91 Å². The van der Waals surface area contributed by atoms with Gasteiger partial charge in [-0.25, -0.2) is 0 Å². The van der Waals surface area contributed by atoms with E-state index < -0.39 is 21.2 Å². The van der Waals surface area contributed by atoms with E-state index in [1.165, 1.54) is 24.3 Å². The molecule has 1 amide bonds. The van der Waals surface area contributed by atoms with Crippen LogP contribution in [0.5, 0.6) is 0 Å². The van der Waals surface area contributed by atoms with Crippen LogP contribution in [0, 0.1) is 33.3 Å². The third kappa shape index (κ3) is 2.93. The first-order chi connectivity index (χ1) is 15.0. The molecule has 0 saturated heterocycles. The molecule has 2 aromatic rings. The highest BCUT2D eigenvalue weighted by molar-refractivity contribution is 6.51. The predicted octanol–water partition coefficient (Wildman–Crippen LogP) is 4.71. The fraction of sp³-hybridized carbons (Fsp3) is 0.375. The molecule has 2 N–H and O–H groups in total. The number of aryl methyl sites for hydroxylation is 1. The molecule has 0 heterocycles. The summed E-state index contributed by atoms with van der Waals surface area (Å²) in [7, 11) is 0. The monoisotopic (exact) mass is 434 g/mol. The van der Waals surface area contributed by atoms with E-state index in [-0.39, 0.29) is 17.4 Å². The number of nitrogens with zero attached hydrogens (tertiary/aromatic N) is 2. The number of anilines is 2. The van der Waals surface area contributed by atoms with Crippen molar-refractivity contribution in [3.05, 3.63) is 64.2 Å². The molecule has 2 bridgehead atoms. The zero-order valence-corrected chi connectivity index (χ0v) is 18.6. The first-order valence-corrected chi connectivity index (χ1v) is 10.5. The molecule has 8 nitrogen and oxygen atoms in total. The quantitative estimate of drug-likeness (QED) is 0.402. The average Bonchev–Trinajstić information content (AvgIpc) is 3.03. The average molecular weight is 434 g/mol. The molecule has 0 spiro atoms. The summed E-state index contributed by atoms with van der Waals surface area (Å²) in [6.45, 7) is 7.87. The molecule has 2 saturated carbocycles. The smallest absolute Gasteiger partial charge is 0.269 e. The van der Waals surface area contributed by atoms with Crippen LogP contribution in [0.2, 0.25) is 0 Å². The van der Waals surface area contributed by atoms with Gasteiger partial charge in [0.1, 0.15) is 11.1 Å². The summed E-state index contributed by atoms with van der Waals surface area (Å²) in [6, 6.07) is 13.3. The number of nitrogens with one attached hydrogen (secondary N) is 2. The maximum absolute atomic E-state index is 13.6. The number of fused-ring (bicyclic) bond motifs is 2. The van der Waals surface area contributed by atoms with Crippen LogP contribution in [0.1, 0.15) is 39.2 Å². The lowest BCUT2D eigenvalue weighted by atomic mass is 9.64. The molecule has 166 valence electrons. The zero-order chi connectivity index (χ0) is 23.3. The standard InChI is InChI=1S/C24H26N4O4/c1-15-5-7-16(8-6-15)25-21(30)24-14-13-23(4,22(24,2)3)19(20(24)29)27-26-17-9-11-18(12-10-17)28(31)32/h5-12,26H,13-14H2,1-4H3,(H,25,30)/b27-19+. The molecule has 0 aliphatic heterocycles. The SMILES string of the molecule is Cc1ccc(NC(=O)C23CCC(C)(/C(=N/Nc4ccc([N+](=O)[O-])cc4)C2=O)C3(C)C)cc1. The molecule has 2 aromatic carbocycles. The van der Waals surface area contributed by atoms with Gasteiger partial charge < -0.3 is 5.32 Å². The van der Waals surface area contributed by atoms with Gasteiger partial charge in [-0.05, 0) is 49.4 Å². The van der Waals surface area contributed by atoms with Gasteiger partial charge in [0.15, 0.2) is 5.78 Å². The number of nitro benzene ring substituents is 1. The van der Waals surface area contributed by atoms with Crippen LogP contribution in [0.25, 0.3) is 0 Å². The van der Waals surface area contributed by atoms with Crippen LogP contribution in [0.3, 0.4) is 0 Å². The van der Waals surface area contributed by atoms with Crippen molar-refractivity contribution < 1.29 is 14.5 Å². The van der Waals surface area contributed by atoms with Crippen LogP contribution in [-0.2, 0) is 9.59 Å². The molecule has 2 aliphatic carbocycles. The first kappa shape index (κ1) is 21.7. The van der Waals surface area contributed by atoms with Gasteiger partial charge in [-0.3, -0.25) is 25.1 Å². The number of benzene rings is 2. The number of amides is 1. The van der Waals surface area contributed by atoms with Crippen molar-refractivity contribution in [1.29, 1.82) is 0 Å². The predicted molar refractivity (Wildman–Crippen MR) is 123 cm³/mol. The second-order valence-electron chi connectivity index (χ2n) is 9.39. The van der Waals surface area contributed by atoms with E-state index >= 15 is 0 Å². The zero-order valence-electron chi connectivity index (χ0n) is 18.6. The van der Waals surface area contributed by atoms with Crippen LogP contribution < -0.4 is 10.7 Å². The van der Waals surface area contributed by atoms with E-state index in [0.717, 1.165) is 5.56 Å². The number of carbonyl (C=O) groups is 2. The maximum Gasteiger partial charge on any atom is 0.269 e. The number of ketones is 1. The summed E-state index contributed by atoms with van der Waals surface area (Å²) < 4.78 is 0. The molecule has 4 rings (SSSR count). The van der Waals surface area contributed by atoms with Crippen LogP contribution >= 0.6 is 0 Å². The van der Waals surface area contributed by atoms with E-state index in [4.69, 9.17) is 0 Å². The molecular formula is C24H26N4O4. The van der Waals surface area contributed by atoms with Gasteiger partial charge in [-0.2, -0.15) is 5.10 Å². The summed E-state index contributed by atoms with van der Waals surface area (Å²) in [4.78, 5) is 37.5. The summed E-state index contributed by atoms with van der Waals surface area (Å²) in [6.07, 6.45) is 1.12.